The van der Waals surface area contributed by atoms with Crippen LogP contribution < -0.4 is 10.6 Å². The molecule has 1 aliphatic heterocycles. The molecule has 2 rings (SSSR count). The molecule has 0 aromatic heterocycles. The van der Waals surface area contributed by atoms with Crippen LogP contribution in [0.3, 0.4) is 0 Å². The van der Waals surface area contributed by atoms with Gasteiger partial charge in [0.1, 0.15) is 0 Å². The highest BCUT2D eigenvalue weighted by Crippen LogP contribution is 2.28. The number of nitrogens with one attached hydrogen (secondary N) is 2. The highest BCUT2D eigenvalue weighted by molar-refractivity contribution is 14.0. The molecule has 1 heterocycles. The van der Waals surface area contributed by atoms with Crippen molar-refractivity contribution in [2.45, 2.75) is 57.4 Å². The summed E-state index contributed by atoms with van der Waals surface area (Å²) in [4.78, 5) is 7.31. The van der Waals surface area contributed by atoms with E-state index >= 15 is 0 Å². The fourth-order valence-electron chi connectivity index (χ4n) is 3.56. The molecule has 0 aromatic rings. The van der Waals surface area contributed by atoms with Gasteiger partial charge in [0.05, 0.1) is 19.3 Å². The molecule has 2 aliphatic rings. The molecule has 2 N–H and O–H groups in total. The molecule has 3 unspecified atom stereocenters. The van der Waals surface area contributed by atoms with Crippen molar-refractivity contribution < 1.29 is 4.74 Å². The zero-order chi connectivity index (χ0) is 17.4. The van der Waals surface area contributed by atoms with E-state index in [1.807, 2.05) is 11.8 Å². The number of hydrogen-bond donors (Lipinski definition) is 2. The minimum atomic E-state index is 0. The Hall–Kier alpha value is 0.270. The number of halogens is 1. The summed E-state index contributed by atoms with van der Waals surface area (Å²) in [6, 6.07) is 0.560. The normalized spacial score (nSPS) is 28.0. The number of guanidine groups is 1. The van der Waals surface area contributed by atoms with Crippen LogP contribution in [0.15, 0.2) is 4.99 Å². The Bertz CT molecular complexity index is 397. The molecule has 148 valence electrons. The van der Waals surface area contributed by atoms with Crippen LogP contribution in [-0.4, -0.2) is 73.8 Å². The summed E-state index contributed by atoms with van der Waals surface area (Å²) in [5.41, 5.74) is 0. The van der Waals surface area contributed by atoms with E-state index in [-0.39, 0.29) is 30.1 Å². The zero-order valence-corrected chi connectivity index (χ0v) is 19.4. The lowest BCUT2D eigenvalue weighted by Crippen LogP contribution is -2.46. The first kappa shape index (κ1) is 23.3. The SMILES string of the molecule is CCNC(=NCC1CN(CC(C)C)CCO1)NC1CCC(SC)C1.I. The van der Waals surface area contributed by atoms with E-state index in [1.54, 1.807) is 0 Å². The predicted molar refractivity (Wildman–Crippen MR) is 120 cm³/mol. The van der Waals surface area contributed by atoms with Gasteiger partial charge in [-0.05, 0) is 38.4 Å². The van der Waals surface area contributed by atoms with Crippen LogP contribution in [0.2, 0.25) is 0 Å². The Morgan fingerprint density at radius 2 is 2.16 bits per heavy atom. The van der Waals surface area contributed by atoms with Gasteiger partial charge in [-0.15, -0.1) is 24.0 Å². The van der Waals surface area contributed by atoms with Crippen LogP contribution in [0.4, 0.5) is 0 Å². The van der Waals surface area contributed by atoms with Crippen LogP contribution in [0, 0.1) is 5.92 Å². The third-order valence-corrected chi connectivity index (χ3v) is 5.80. The lowest BCUT2D eigenvalue weighted by molar-refractivity contribution is -0.0262. The molecule has 1 saturated carbocycles. The van der Waals surface area contributed by atoms with Crippen LogP contribution in [0.25, 0.3) is 0 Å². The number of rotatable bonds is 7. The quantitative estimate of drug-likeness (QED) is 0.331. The Kier molecular flexibility index (Phi) is 11.8. The summed E-state index contributed by atoms with van der Waals surface area (Å²) in [6.07, 6.45) is 6.24. The summed E-state index contributed by atoms with van der Waals surface area (Å²) in [7, 11) is 0. The highest BCUT2D eigenvalue weighted by atomic mass is 127. The van der Waals surface area contributed by atoms with Gasteiger partial charge in [-0.25, -0.2) is 0 Å². The highest BCUT2D eigenvalue weighted by Gasteiger charge is 2.25. The molecule has 25 heavy (non-hydrogen) atoms. The van der Waals surface area contributed by atoms with E-state index in [0.717, 1.165) is 50.5 Å². The van der Waals surface area contributed by atoms with E-state index in [4.69, 9.17) is 9.73 Å². The third-order valence-electron chi connectivity index (χ3n) is 4.70. The number of morpholine rings is 1. The van der Waals surface area contributed by atoms with Gasteiger partial charge in [0.2, 0.25) is 0 Å². The summed E-state index contributed by atoms with van der Waals surface area (Å²) in [6.45, 7) is 12.3. The maximum Gasteiger partial charge on any atom is 0.191 e. The minimum Gasteiger partial charge on any atom is -0.374 e. The van der Waals surface area contributed by atoms with Crippen LogP contribution in [0.5, 0.6) is 0 Å². The second-order valence-corrected chi connectivity index (χ2v) is 8.52. The van der Waals surface area contributed by atoms with E-state index in [2.05, 4.69) is 42.6 Å². The van der Waals surface area contributed by atoms with Gasteiger partial charge in [-0.3, -0.25) is 9.89 Å². The van der Waals surface area contributed by atoms with Crippen molar-refractivity contribution in [2.24, 2.45) is 10.9 Å². The van der Waals surface area contributed by atoms with Gasteiger partial charge >= 0.3 is 0 Å². The Morgan fingerprint density at radius 3 is 2.80 bits per heavy atom. The molecule has 7 heteroatoms. The number of thioether (sulfide) groups is 1. The van der Waals surface area contributed by atoms with E-state index in [1.165, 1.54) is 19.3 Å². The van der Waals surface area contributed by atoms with Crippen molar-refractivity contribution in [2.75, 3.05) is 45.6 Å². The van der Waals surface area contributed by atoms with E-state index in [0.29, 0.717) is 12.0 Å². The summed E-state index contributed by atoms with van der Waals surface area (Å²) < 4.78 is 5.92. The molecule has 5 nitrogen and oxygen atoms in total. The van der Waals surface area contributed by atoms with Gasteiger partial charge in [0.15, 0.2) is 5.96 Å². The van der Waals surface area contributed by atoms with Crippen molar-refractivity contribution in [3.63, 3.8) is 0 Å². The molecule has 0 radical (unpaired) electrons. The zero-order valence-electron chi connectivity index (χ0n) is 16.3. The van der Waals surface area contributed by atoms with Gasteiger partial charge in [0, 0.05) is 37.5 Å². The molecule has 0 aromatic carbocycles. The maximum atomic E-state index is 5.92. The van der Waals surface area contributed by atoms with Crippen molar-refractivity contribution in [1.29, 1.82) is 0 Å². The molecule has 0 spiro atoms. The monoisotopic (exact) mass is 484 g/mol. The smallest absolute Gasteiger partial charge is 0.191 e. The molecule has 0 bridgehead atoms. The summed E-state index contributed by atoms with van der Waals surface area (Å²) in [5.74, 6) is 1.66. The lowest BCUT2D eigenvalue weighted by Gasteiger charge is -2.33. The fourth-order valence-corrected chi connectivity index (χ4v) is 4.36. The van der Waals surface area contributed by atoms with Crippen LogP contribution >= 0.6 is 35.7 Å². The molecule has 0 amide bonds. The summed E-state index contributed by atoms with van der Waals surface area (Å²) >= 11 is 1.99. The molecule has 2 fully saturated rings. The van der Waals surface area contributed by atoms with E-state index in [9.17, 15) is 0 Å². The molecule has 1 aliphatic carbocycles. The fraction of sp³-hybridized carbons (Fsp3) is 0.944. The second kappa shape index (κ2) is 12.6. The first-order valence-electron chi connectivity index (χ1n) is 9.52. The third kappa shape index (κ3) is 8.67. The van der Waals surface area contributed by atoms with Gasteiger partial charge in [-0.2, -0.15) is 11.8 Å². The second-order valence-electron chi connectivity index (χ2n) is 7.38. The van der Waals surface area contributed by atoms with Gasteiger partial charge in [-0.1, -0.05) is 13.8 Å². The van der Waals surface area contributed by atoms with Crippen molar-refractivity contribution in [3.8, 4) is 0 Å². The first-order valence-corrected chi connectivity index (χ1v) is 10.8. The van der Waals surface area contributed by atoms with Gasteiger partial charge < -0.3 is 15.4 Å². The molecule has 3 atom stereocenters. The van der Waals surface area contributed by atoms with E-state index < -0.39 is 0 Å². The van der Waals surface area contributed by atoms with Gasteiger partial charge in [0.25, 0.3) is 0 Å². The van der Waals surface area contributed by atoms with Crippen LogP contribution in [0.1, 0.15) is 40.0 Å². The number of ether oxygens (including phenoxy) is 1. The predicted octanol–water partition coefficient (Wildman–Crippen LogP) is 2.80. The van der Waals surface area contributed by atoms with Crippen molar-refractivity contribution >= 4 is 41.7 Å². The number of aliphatic imine (C=N–C) groups is 1. The standard InChI is InChI=1S/C18H36N4OS.HI/c1-5-19-18(21-15-6-7-17(10-15)24-4)20-11-16-13-22(8-9-23-16)12-14(2)3;/h14-17H,5-13H2,1-4H3,(H2,19,20,21);1H. The van der Waals surface area contributed by atoms with Crippen molar-refractivity contribution in [3.05, 3.63) is 0 Å². The molecular weight excluding hydrogens is 447 g/mol. The minimum absolute atomic E-state index is 0. The summed E-state index contributed by atoms with van der Waals surface area (Å²) in [5, 5.41) is 7.81. The van der Waals surface area contributed by atoms with Crippen LogP contribution in [-0.2, 0) is 4.74 Å². The Morgan fingerprint density at radius 1 is 1.36 bits per heavy atom. The number of hydrogen-bond acceptors (Lipinski definition) is 4. The lowest BCUT2D eigenvalue weighted by atomic mass is 10.2. The first-order chi connectivity index (χ1) is 11.6. The average molecular weight is 484 g/mol. The molecular formula is C18H37IN4OS. The Labute approximate surface area is 175 Å². The maximum absolute atomic E-state index is 5.92. The molecule has 1 saturated heterocycles. The Balaban J connectivity index is 0.00000312. The topological polar surface area (TPSA) is 48.9 Å². The largest absolute Gasteiger partial charge is 0.374 e. The number of nitrogens with zero attached hydrogens (tertiary/aromatic N) is 2. The average Bonchev–Trinajstić information content (AvgIpc) is 3.00. The van der Waals surface area contributed by atoms with Crippen molar-refractivity contribution in [1.82, 2.24) is 15.5 Å².